The largest absolute Gasteiger partial charge is 0.493 e. The third kappa shape index (κ3) is 6.05. The standard InChI is InChI=1S/C25H23BrN2O5S/c1-31-22-8-7-17(10-23(22)33-15-24-27-20(14-29)16-34-24)12-28(13-21-6-3-9-32-21)25(30)18-4-2-5-19(26)11-18/h2-11,16,29H,12-15H2,1H3. The predicted octanol–water partition coefficient (Wildman–Crippen LogP) is 5.42. The summed E-state index contributed by atoms with van der Waals surface area (Å²) in [4.78, 5) is 19.4. The Morgan fingerprint density at radius 3 is 2.74 bits per heavy atom. The first-order valence-electron chi connectivity index (χ1n) is 10.5. The number of thiazole rings is 1. The van der Waals surface area contributed by atoms with E-state index in [0.29, 0.717) is 41.6 Å². The summed E-state index contributed by atoms with van der Waals surface area (Å²) in [5, 5.41) is 11.8. The second-order valence-corrected chi connectivity index (χ2v) is 9.27. The first-order chi connectivity index (χ1) is 16.6. The highest BCUT2D eigenvalue weighted by Gasteiger charge is 2.19. The van der Waals surface area contributed by atoms with Crippen molar-refractivity contribution in [3.8, 4) is 11.5 Å². The lowest BCUT2D eigenvalue weighted by molar-refractivity contribution is 0.0717. The number of nitrogens with zero attached hydrogens (tertiary/aromatic N) is 2. The van der Waals surface area contributed by atoms with Gasteiger partial charge in [0.05, 0.1) is 32.2 Å². The molecule has 1 amide bonds. The van der Waals surface area contributed by atoms with Gasteiger partial charge >= 0.3 is 0 Å². The van der Waals surface area contributed by atoms with Crippen LogP contribution in [0, 0.1) is 0 Å². The normalized spacial score (nSPS) is 10.8. The van der Waals surface area contributed by atoms with Crippen LogP contribution in [-0.2, 0) is 26.3 Å². The van der Waals surface area contributed by atoms with Crippen LogP contribution in [0.25, 0.3) is 0 Å². The van der Waals surface area contributed by atoms with E-state index in [2.05, 4.69) is 20.9 Å². The minimum absolute atomic E-state index is 0.104. The van der Waals surface area contributed by atoms with Crippen molar-refractivity contribution in [2.24, 2.45) is 0 Å². The van der Waals surface area contributed by atoms with Gasteiger partial charge in [0.15, 0.2) is 11.5 Å². The number of aliphatic hydroxyl groups is 1. The summed E-state index contributed by atoms with van der Waals surface area (Å²) in [6, 6.07) is 16.5. The topological polar surface area (TPSA) is 85.0 Å². The molecule has 176 valence electrons. The van der Waals surface area contributed by atoms with Gasteiger partial charge in [-0.2, -0.15) is 0 Å². The van der Waals surface area contributed by atoms with Crippen molar-refractivity contribution < 1.29 is 23.8 Å². The fraction of sp³-hybridized carbons (Fsp3) is 0.200. The van der Waals surface area contributed by atoms with Crippen molar-refractivity contribution in [1.82, 2.24) is 9.88 Å². The quantitative estimate of drug-likeness (QED) is 0.288. The molecule has 34 heavy (non-hydrogen) atoms. The SMILES string of the molecule is COc1ccc(CN(Cc2ccco2)C(=O)c2cccc(Br)c2)cc1OCc1nc(CO)cs1. The zero-order valence-electron chi connectivity index (χ0n) is 18.4. The van der Waals surface area contributed by atoms with E-state index >= 15 is 0 Å². The van der Waals surface area contributed by atoms with Gasteiger partial charge in [0, 0.05) is 22.0 Å². The molecule has 2 aromatic carbocycles. The molecule has 1 N–H and O–H groups in total. The average molecular weight is 543 g/mol. The van der Waals surface area contributed by atoms with Gasteiger partial charge in [0.1, 0.15) is 17.4 Å². The number of halogens is 1. The van der Waals surface area contributed by atoms with Crippen LogP contribution < -0.4 is 9.47 Å². The van der Waals surface area contributed by atoms with Crippen molar-refractivity contribution in [2.75, 3.05) is 7.11 Å². The van der Waals surface area contributed by atoms with Gasteiger partial charge in [-0.25, -0.2) is 4.98 Å². The van der Waals surface area contributed by atoms with Gasteiger partial charge < -0.3 is 23.9 Å². The molecule has 9 heteroatoms. The van der Waals surface area contributed by atoms with Crippen molar-refractivity contribution in [3.05, 3.63) is 98.3 Å². The molecule has 0 bridgehead atoms. The molecule has 7 nitrogen and oxygen atoms in total. The molecule has 0 radical (unpaired) electrons. The lowest BCUT2D eigenvalue weighted by Crippen LogP contribution is -2.30. The third-order valence-electron chi connectivity index (χ3n) is 5.00. The number of carbonyl (C=O) groups excluding carboxylic acids is 1. The number of rotatable bonds is 10. The van der Waals surface area contributed by atoms with Crippen LogP contribution in [0.4, 0.5) is 0 Å². The Labute approximate surface area is 209 Å². The van der Waals surface area contributed by atoms with Gasteiger partial charge in [-0.15, -0.1) is 11.3 Å². The van der Waals surface area contributed by atoms with E-state index in [0.717, 1.165) is 15.0 Å². The van der Waals surface area contributed by atoms with Crippen molar-refractivity contribution in [3.63, 3.8) is 0 Å². The number of methoxy groups -OCH3 is 1. The van der Waals surface area contributed by atoms with Crippen LogP contribution >= 0.6 is 27.3 Å². The number of ether oxygens (including phenoxy) is 2. The van der Waals surface area contributed by atoms with Crippen LogP contribution in [0.3, 0.4) is 0 Å². The minimum atomic E-state index is -0.115. The molecule has 0 unspecified atom stereocenters. The molecule has 4 rings (SSSR count). The van der Waals surface area contributed by atoms with E-state index in [1.54, 1.807) is 41.9 Å². The lowest BCUT2D eigenvalue weighted by atomic mass is 10.1. The fourth-order valence-corrected chi connectivity index (χ4v) is 4.47. The maximum atomic E-state index is 13.4. The predicted molar refractivity (Wildman–Crippen MR) is 132 cm³/mol. The summed E-state index contributed by atoms with van der Waals surface area (Å²) in [5.41, 5.74) is 2.07. The number of benzene rings is 2. The van der Waals surface area contributed by atoms with E-state index in [-0.39, 0.29) is 19.1 Å². The number of hydrogen-bond donors (Lipinski definition) is 1. The van der Waals surface area contributed by atoms with E-state index < -0.39 is 0 Å². The Bertz CT molecular complexity index is 1240. The van der Waals surface area contributed by atoms with Crippen LogP contribution in [0.1, 0.15) is 32.4 Å². The fourth-order valence-electron chi connectivity index (χ4n) is 3.37. The number of carbonyl (C=O) groups is 1. The summed E-state index contributed by atoms with van der Waals surface area (Å²) in [5.74, 6) is 1.71. The Morgan fingerprint density at radius 1 is 1.15 bits per heavy atom. The molecule has 0 saturated heterocycles. The summed E-state index contributed by atoms with van der Waals surface area (Å²) >= 11 is 4.86. The molecule has 0 saturated carbocycles. The highest BCUT2D eigenvalue weighted by atomic mass is 79.9. The molecule has 2 aromatic heterocycles. The van der Waals surface area contributed by atoms with Crippen LogP contribution in [0.5, 0.6) is 11.5 Å². The minimum Gasteiger partial charge on any atom is -0.493 e. The molecule has 0 aliphatic carbocycles. The molecule has 2 heterocycles. The molecule has 0 aliphatic heterocycles. The maximum absolute atomic E-state index is 13.4. The molecular formula is C25H23BrN2O5S. The summed E-state index contributed by atoms with van der Waals surface area (Å²) in [7, 11) is 1.58. The Morgan fingerprint density at radius 2 is 2.03 bits per heavy atom. The first kappa shape index (κ1) is 24.0. The summed E-state index contributed by atoms with van der Waals surface area (Å²) in [6.07, 6.45) is 1.59. The van der Waals surface area contributed by atoms with Gasteiger partial charge in [-0.1, -0.05) is 28.1 Å². The van der Waals surface area contributed by atoms with Gasteiger partial charge in [0.25, 0.3) is 5.91 Å². The Balaban J connectivity index is 1.56. The average Bonchev–Trinajstić information content (AvgIpc) is 3.54. The van der Waals surface area contributed by atoms with Crippen molar-refractivity contribution in [1.29, 1.82) is 0 Å². The highest BCUT2D eigenvalue weighted by Crippen LogP contribution is 2.30. The summed E-state index contributed by atoms with van der Waals surface area (Å²) < 4.78 is 17.8. The molecule has 0 aliphatic rings. The lowest BCUT2D eigenvalue weighted by Gasteiger charge is -2.23. The number of aliphatic hydroxyl groups excluding tert-OH is 1. The molecular weight excluding hydrogens is 520 g/mol. The number of hydrogen-bond acceptors (Lipinski definition) is 7. The van der Waals surface area contributed by atoms with Crippen LogP contribution in [0.2, 0.25) is 0 Å². The van der Waals surface area contributed by atoms with E-state index in [1.807, 2.05) is 36.4 Å². The Kier molecular flexibility index (Phi) is 7.99. The van der Waals surface area contributed by atoms with E-state index in [9.17, 15) is 9.90 Å². The monoisotopic (exact) mass is 542 g/mol. The van der Waals surface area contributed by atoms with E-state index in [4.69, 9.17) is 13.9 Å². The molecule has 0 atom stereocenters. The maximum Gasteiger partial charge on any atom is 0.254 e. The Hall–Kier alpha value is -3.14. The van der Waals surface area contributed by atoms with Crippen molar-refractivity contribution >= 4 is 33.2 Å². The molecule has 0 fully saturated rings. The smallest absolute Gasteiger partial charge is 0.254 e. The zero-order chi connectivity index (χ0) is 23.9. The highest BCUT2D eigenvalue weighted by molar-refractivity contribution is 9.10. The second kappa shape index (κ2) is 11.3. The van der Waals surface area contributed by atoms with Crippen LogP contribution in [0.15, 0.2) is 75.1 Å². The zero-order valence-corrected chi connectivity index (χ0v) is 20.8. The molecule has 0 spiro atoms. The summed E-state index contributed by atoms with van der Waals surface area (Å²) in [6.45, 7) is 0.812. The first-order valence-corrected chi connectivity index (χ1v) is 12.1. The number of furan rings is 1. The van der Waals surface area contributed by atoms with Gasteiger partial charge in [0.2, 0.25) is 0 Å². The second-order valence-electron chi connectivity index (χ2n) is 7.42. The number of amides is 1. The number of aromatic nitrogens is 1. The van der Waals surface area contributed by atoms with E-state index in [1.165, 1.54) is 11.3 Å². The van der Waals surface area contributed by atoms with Crippen LogP contribution in [-0.4, -0.2) is 28.0 Å². The third-order valence-corrected chi connectivity index (χ3v) is 6.36. The van der Waals surface area contributed by atoms with Gasteiger partial charge in [-0.3, -0.25) is 4.79 Å². The van der Waals surface area contributed by atoms with Gasteiger partial charge in [-0.05, 0) is 48.0 Å². The van der Waals surface area contributed by atoms with Crippen molar-refractivity contribution in [2.45, 2.75) is 26.3 Å². The molecule has 4 aromatic rings.